The standard InChI is InChI=1S/C12H14O3/c1-14-12(13)10-4-2-9(3-5-10)11-6-7-15-8-11/h2-5,11H,6-8H2,1H3. The van der Waals surface area contributed by atoms with E-state index in [0.29, 0.717) is 11.5 Å². The van der Waals surface area contributed by atoms with Gasteiger partial charge in [0.1, 0.15) is 0 Å². The number of carbonyl (C=O) groups is 1. The van der Waals surface area contributed by atoms with Gasteiger partial charge in [-0.25, -0.2) is 4.79 Å². The topological polar surface area (TPSA) is 35.5 Å². The Kier molecular flexibility index (Phi) is 3.02. The SMILES string of the molecule is COC(=O)c1ccc(C2CCOC2)cc1. The molecule has 15 heavy (non-hydrogen) atoms. The summed E-state index contributed by atoms with van der Waals surface area (Å²) in [6, 6.07) is 7.57. The Morgan fingerprint density at radius 2 is 2.13 bits per heavy atom. The Balaban J connectivity index is 2.12. The van der Waals surface area contributed by atoms with Crippen molar-refractivity contribution >= 4 is 5.97 Å². The van der Waals surface area contributed by atoms with Gasteiger partial charge in [-0.1, -0.05) is 12.1 Å². The lowest BCUT2D eigenvalue weighted by molar-refractivity contribution is 0.0600. The lowest BCUT2D eigenvalue weighted by atomic mass is 9.97. The van der Waals surface area contributed by atoms with Gasteiger partial charge < -0.3 is 9.47 Å². The zero-order valence-corrected chi connectivity index (χ0v) is 8.73. The zero-order chi connectivity index (χ0) is 10.7. The molecule has 0 saturated carbocycles. The van der Waals surface area contributed by atoms with Crippen molar-refractivity contribution in [1.82, 2.24) is 0 Å². The van der Waals surface area contributed by atoms with Crippen molar-refractivity contribution < 1.29 is 14.3 Å². The van der Waals surface area contributed by atoms with Crippen LogP contribution >= 0.6 is 0 Å². The minimum atomic E-state index is -0.288. The number of hydrogen-bond donors (Lipinski definition) is 0. The van der Waals surface area contributed by atoms with Crippen molar-refractivity contribution in [2.75, 3.05) is 20.3 Å². The van der Waals surface area contributed by atoms with Crippen LogP contribution in [0.4, 0.5) is 0 Å². The summed E-state index contributed by atoms with van der Waals surface area (Å²) in [7, 11) is 1.39. The third kappa shape index (κ3) is 2.18. The van der Waals surface area contributed by atoms with E-state index >= 15 is 0 Å². The Hall–Kier alpha value is -1.35. The first-order valence-corrected chi connectivity index (χ1v) is 5.07. The summed E-state index contributed by atoms with van der Waals surface area (Å²) in [5, 5.41) is 0. The largest absolute Gasteiger partial charge is 0.465 e. The van der Waals surface area contributed by atoms with Crippen LogP contribution in [0.1, 0.15) is 28.3 Å². The van der Waals surface area contributed by atoms with Gasteiger partial charge in [-0.2, -0.15) is 0 Å². The van der Waals surface area contributed by atoms with Crippen LogP contribution in [-0.2, 0) is 9.47 Å². The van der Waals surface area contributed by atoms with Crippen molar-refractivity contribution in [3.8, 4) is 0 Å². The molecule has 1 atom stereocenters. The number of esters is 1. The molecule has 1 unspecified atom stereocenters. The molecule has 0 N–H and O–H groups in total. The molecule has 80 valence electrons. The maximum absolute atomic E-state index is 11.2. The van der Waals surface area contributed by atoms with Gasteiger partial charge >= 0.3 is 5.97 Å². The summed E-state index contributed by atoms with van der Waals surface area (Å²) in [5.41, 5.74) is 1.83. The van der Waals surface area contributed by atoms with Crippen LogP contribution in [0.5, 0.6) is 0 Å². The average molecular weight is 206 g/mol. The monoisotopic (exact) mass is 206 g/mol. The van der Waals surface area contributed by atoms with Crippen LogP contribution in [0.2, 0.25) is 0 Å². The fourth-order valence-corrected chi connectivity index (χ4v) is 1.81. The smallest absolute Gasteiger partial charge is 0.337 e. The van der Waals surface area contributed by atoms with Gasteiger partial charge in [-0.3, -0.25) is 0 Å². The second-order valence-electron chi connectivity index (χ2n) is 3.67. The van der Waals surface area contributed by atoms with Gasteiger partial charge in [0, 0.05) is 12.5 Å². The fraction of sp³-hybridized carbons (Fsp3) is 0.417. The maximum atomic E-state index is 11.2. The third-order valence-electron chi connectivity index (χ3n) is 2.73. The molecular formula is C12H14O3. The van der Waals surface area contributed by atoms with Crippen molar-refractivity contribution in [3.05, 3.63) is 35.4 Å². The summed E-state index contributed by atoms with van der Waals surface area (Å²) in [5.74, 6) is 0.195. The maximum Gasteiger partial charge on any atom is 0.337 e. The lowest BCUT2D eigenvalue weighted by Gasteiger charge is -2.08. The molecule has 1 aromatic rings. The van der Waals surface area contributed by atoms with Crippen LogP contribution in [0.3, 0.4) is 0 Å². The number of carbonyl (C=O) groups excluding carboxylic acids is 1. The van der Waals surface area contributed by atoms with Gasteiger partial charge in [0.25, 0.3) is 0 Å². The van der Waals surface area contributed by atoms with Gasteiger partial charge in [0.2, 0.25) is 0 Å². The summed E-state index contributed by atoms with van der Waals surface area (Å²) < 4.78 is 9.96. The van der Waals surface area contributed by atoms with E-state index in [1.807, 2.05) is 12.1 Å². The molecular weight excluding hydrogens is 192 g/mol. The molecule has 1 fully saturated rings. The van der Waals surface area contributed by atoms with Gasteiger partial charge in [0.15, 0.2) is 0 Å². The van der Waals surface area contributed by atoms with E-state index < -0.39 is 0 Å². The first kappa shape index (κ1) is 10.2. The molecule has 0 radical (unpaired) electrons. The van der Waals surface area contributed by atoms with Gasteiger partial charge in [-0.15, -0.1) is 0 Å². The predicted octanol–water partition coefficient (Wildman–Crippen LogP) is 1.98. The molecule has 3 heteroatoms. The Morgan fingerprint density at radius 1 is 1.40 bits per heavy atom. The predicted molar refractivity (Wildman–Crippen MR) is 56.0 cm³/mol. The third-order valence-corrected chi connectivity index (χ3v) is 2.73. The second-order valence-corrected chi connectivity index (χ2v) is 3.67. The Morgan fingerprint density at radius 3 is 2.67 bits per heavy atom. The highest BCUT2D eigenvalue weighted by Gasteiger charge is 2.17. The number of methoxy groups -OCH3 is 1. The molecule has 1 heterocycles. The highest BCUT2D eigenvalue weighted by molar-refractivity contribution is 5.89. The molecule has 3 nitrogen and oxygen atoms in total. The highest BCUT2D eigenvalue weighted by atomic mass is 16.5. The Labute approximate surface area is 89.0 Å². The summed E-state index contributed by atoms with van der Waals surface area (Å²) in [6.45, 7) is 1.63. The van der Waals surface area contributed by atoms with Gasteiger partial charge in [0.05, 0.1) is 19.3 Å². The lowest BCUT2D eigenvalue weighted by Crippen LogP contribution is -2.02. The van der Waals surface area contributed by atoms with Gasteiger partial charge in [-0.05, 0) is 24.1 Å². The first-order chi connectivity index (χ1) is 7.31. The van der Waals surface area contributed by atoms with E-state index in [1.165, 1.54) is 12.7 Å². The molecule has 1 aromatic carbocycles. The molecule has 0 aliphatic carbocycles. The van der Waals surface area contributed by atoms with E-state index in [9.17, 15) is 4.79 Å². The van der Waals surface area contributed by atoms with Crippen molar-refractivity contribution in [1.29, 1.82) is 0 Å². The van der Waals surface area contributed by atoms with Crippen LogP contribution in [0.15, 0.2) is 24.3 Å². The van der Waals surface area contributed by atoms with E-state index in [1.54, 1.807) is 12.1 Å². The van der Waals surface area contributed by atoms with Crippen molar-refractivity contribution in [2.24, 2.45) is 0 Å². The number of benzene rings is 1. The van der Waals surface area contributed by atoms with E-state index in [-0.39, 0.29) is 5.97 Å². The number of ether oxygens (including phenoxy) is 2. The summed E-state index contributed by atoms with van der Waals surface area (Å²) in [6.07, 6.45) is 1.07. The molecule has 0 bridgehead atoms. The van der Waals surface area contributed by atoms with Crippen LogP contribution in [0.25, 0.3) is 0 Å². The van der Waals surface area contributed by atoms with Crippen LogP contribution in [-0.4, -0.2) is 26.3 Å². The second kappa shape index (κ2) is 4.45. The van der Waals surface area contributed by atoms with Crippen molar-refractivity contribution in [3.63, 3.8) is 0 Å². The summed E-state index contributed by atoms with van der Waals surface area (Å²) in [4.78, 5) is 11.2. The molecule has 1 saturated heterocycles. The summed E-state index contributed by atoms with van der Waals surface area (Å²) >= 11 is 0. The minimum absolute atomic E-state index is 0.288. The molecule has 2 rings (SSSR count). The average Bonchev–Trinajstić information content (AvgIpc) is 2.82. The molecule has 1 aliphatic rings. The number of hydrogen-bond acceptors (Lipinski definition) is 3. The highest BCUT2D eigenvalue weighted by Crippen LogP contribution is 2.25. The molecule has 0 spiro atoms. The van der Waals surface area contributed by atoms with E-state index in [4.69, 9.17) is 4.74 Å². The normalized spacial score (nSPS) is 20.2. The number of rotatable bonds is 2. The fourth-order valence-electron chi connectivity index (χ4n) is 1.81. The van der Waals surface area contributed by atoms with Crippen LogP contribution in [0, 0.1) is 0 Å². The van der Waals surface area contributed by atoms with Crippen molar-refractivity contribution in [2.45, 2.75) is 12.3 Å². The van der Waals surface area contributed by atoms with E-state index in [0.717, 1.165) is 19.6 Å². The van der Waals surface area contributed by atoms with E-state index in [2.05, 4.69) is 4.74 Å². The van der Waals surface area contributed by atoms with Crippen LogP contribution < -0.4 is 0 Å². The Bertz CT molecular complexity index is 336. The molecule has 1 aliphatic heterocycles. The minimum Gasteiger partial charge on any atom is -0.465 e. The molecule has 0 amide bonds. The molecule has 0 aromatic heterocycles. The first-order valence-electron chi connectivity index (χ1n) is 5.07. The zero-order valence-electron chi connectivity index (χ0n) is 8.73. The quantitative estimate of drug-likeness (QED) is 0.694.